The van der Waals surface area contributed by atoms with E-state index in [0.29, 0.717) is 0 Å². The molecule has 1 heterocycles. The summed E-state index contributed by atoms with van der Waals surface area (Å²) >= 11 is 0. The Bertz CT molecular complexity index is 453. The van der Waals surface area contributed by atoms with Gasteiger partial charge in [0.1, 0.15) is 5.69 Å². The van der Waals surface area contributed by atoms with Crippen LogP contribution in [-0.4, -0.2) is 15.5 Å². The predicted octanol–water partition coefficient (Wildman–Crippen LogP) is -2.76. The maximum atomic E-state index is 10.5. The molecule has 5 heteroatoms. The third-order valence-electron chi connectivity index (χ3n) is 1.85. The van der Waals surface area contributed by atoms with Crippen LogP contribution in [0.3, 0.4) is 0 Å². The smallest absolute Gasteiger partial charge is 0.543 e. The van der Waals surface area contributed by atoms with Crippen molar-refractivity contribution in [3.05, 3.63) is 48.5 Å². The summed E-state index contributed by atoms with van der Waals surface area (Å²) in [7, 11) is 0. The SMILES string of the molecule is O=C([O-])c1cn(-c2ccccc2)cn1.[Li+]. The number of para-hydroxylation sites is 1. The van der Waals surface area contributed by atoms with Crippen LogP contribution < -0.4 is 24.0 Å². The van der Waals surface area contributed by atoms with Gasteiger partial charge in [-0.15, -0.1) is 0 Å². The minimum absolute atomic E-state index is 0. The molecule has 0 aliphatic heterocycles. The number of carbonyl (C=O) groups is 1. The summed E-state index contributed by atoms with van der Waals surface area (Å²) in [4.78, 5) is 14.2. The van der Waals surface area contributed by atoms with E-state index in [0.717, 1.165) is 5.69 Å². The van der Waals surface area contributed by atoms with Gasteiger partial charge >= 0.3 is 18.9 Å². The number of carboxylic acids is 1. The Kier molecular flexibility index (Phi) is 3.72. The van der Waals surface area contributed by atoms with Crippen LogP contribution >= 0.6 is 0 Å². The fourth-order valence-electron chi connectivity index (χ4n) is 1.17. The molecule has 0 unspecified atom stereocenters. The van der Waals surface area contributed by atoms with Crippen molar-refractivity contribution in [2.75, 3.05) is 0 Å². The number of hydrogen-bond acceptors (Lipinski definition) is 3. The zero-order chi connectivity index (χ0) is 9.97. The molecule has 2 rings (SSSR count). The molecule has 0 saturated carbocycles. The maximum absolute atomic E-state index is 10.5. The molecule has 70 valence electrons. The molecule has 0 fully saturated rings. The summed E-state index contributed by atoms with van der Waals surface area (Å²) in [6.07, 6.45) is 2.87. The van der Waals surface area contributed by atoms with Gasteiger partial charge in [-0.25, -0.2) is 4.98 Å². The van der Waals surface area contributed by atoms with Gasteiger partial charge in [-0.3, -0.25) is 0 Å². The van der Waals surface area contributed by atoms with Gasteiger partial charge in [0.05, 0.1) is 12.3 Å². The van der Waals surface area contributed by atoms with Gasteiger partial charge in [0, 0.05) is 11.9 Å². The van der Waals surface area contributed by atoms with Crippen molar-refractivity contribution in [1.29, 1.82) is 0 Å². The molecular weight excluding hydrogens is 187 g/mol. The summed E-state index contributed by atoms with van der Waals surface area (Å²) in [6.45, 7) is 0. The minimum atomic E-state index is -1.26. The Morgan fingerprint density at radius 3 is 2.47 bits per heavy atom. The fraction of sp³-hybridized carbons (Fsp3) is 0. The van der Waals surface area contributed by atoms with Crippen molar-refractivity contribution in [1.82, 2.24) is 9.55 Å². The van der Waals surface area contributed by atoms with E-state index in [4.69, 9.17) is 0 Å². The minimum Gasteiger partial charge on any atom is -0.543 e. The number of rotatable bonds is 2. The first-order valence-electron chi connectivity index (χ1n) is 4.08. The van der Waals surface area contributed by atoms with Gasteiger partial charge in [-0.1, -0.05) is 18.2 Å². The normalized spacial score (nSPS) is 9.33. The molecule has 1 aromatic heterocycles. The van der Waals surface area contributed by atoms with Crippen molar-refractivity contribution < 1.29 is 28.8 Å². The second-order valence-corrected chi connectivity index (χ2v) is 2.79. The van der Waals surface area contributed by atoms with E-state index in [1.807, 2.05) is 30.3 Å². The second-order valence-electron chi connectivity index (χ2n) is 2.79. The Morgan fingerprint density at radius 2 is 1.93 bits per heavy atom. The topological polar surface area (TPSA) is 57.9 Å². The van der Waals surface area contributed by atoms with Crippen LogP contribution in [0.5, 0.6) is 0 Å². The Morgan fingerprint density at radius 1 is 1.27 bits per heavy atom. The van der Waals surface area contributed by atoms with E-state index in [9.17, 15) is 9.90 Å². The first-order chi connectivity index (χ1) is 6.77. The van der Waals surface area contributed by atoms with Crippen LogP contribution in [0.1, 0.15) is 10.5 Å². The Balaban J connectivity index is 0.00000112. The zero-order valence-corrected chi connectivity index (χ0v) is 8.25. The van der Waals surface area contributed by atoms with E-state index in [2.05, 4.69) is 4.98 Å². The quantitative estimate of drug-likeness (QED) is 0.486. The van der Waals surface area contributed by atoms with Crippen LogP contribution in [0.4, 0.5) is 0 Å². The Hall–Kier alpha value is -1.50. The molecule has 0 radical (unpaired) electrons. The number of carboxylic acid groups (broad SMARTS) is 1. The Labute approximate surface area is 98.7 Å². The average Bonchev–Trinajstić information content (AvgIpc) is 2.68. The van der Waals surface area contributed by atoms with Gasteiger partial charge in [0.15, 0.2) is 0 Å². The number of nitrogens with zero attached hydrogens (tertiary/aromatic N) is 2. The van der Waals surface area contributed by atoms with Crippen LogP contribution in [0.25, 0.3) is 5.69 Å². The average molecular weight is 194 g/mol. The van der Waals surface area contributed by atoms with E-state index in [1.54, 1.807) is 4.57 Å². The molecule has 0 N–H and O–H groups in total. The molecule has 4 nitrogen and oxygen atoms in total. The molecule has 0 aliphatic carbocycles. The standard InChI is InChI=1S/C10H8N2O2.Li/c13-10(14)9-6-12(7-11-9)8-4-2-1-3-5-8;/h1-7H,(H,13,14);/q;+1/p-1. The molecule has 0 aliphatic rings. The number of aromatic nitrogens is 2. The van der Waals surface area contributed by atoms with Crippen molar-refractivity contribution in [3.8, 4) is 5.69 Å². The van der Waals surface area contributed by atoms with Crippen LogP contribution in [0, 0.1) is 0 Å². The molecule has 0 atom stereocenters. The van der Waals surface area contributed by atoms with Crippen LogP contribution in [0.15, 0.2) is 42.9 Å². The third-order valence-corrected chi connectivity index (χ3v) is 1.85. The summed E-state index contributed by atoms with van der Waals surface area (Å²) in [5, 5.41) is 10.5. The van der Waals surface area contributed by atoms with Crippen molar-refractivity contribution in [3.63, 3.8) is 0 Å². The fourth-order valence-corrected chi connectivity index (χ4v) is 1.17. The number of imidazole rings is 1. The van der Waals surface area contributed by atoms with Gasteiger partial charge in [0.2, 0.25) is 0 Å². The van der Waals surface area contributed by atoms with Crippen molar-refractivity contribution >= 4 is 5.97 Å². The molecule has 0 saturated heterocycles. The summed E-state index contributed by atoms with van der Waals surface area (Å²) < 4.78 is 1.63. The molecule has 1 aromatic carbocycles. The third kappa shape index (κ3) is 2.49. The van der Waals surface area contributed by atoms with E-state index >= 15 is 0 Å². The number of hydrogen-bond donors (Lipinski definition) is 0. The molecule has 0 bridgehead atoms. The number of benzene rings is 1. The monoisotopic (exact) mass is 194 g/mol. The molecule has 0 spiro atoms. The molecule has 0 amide bonds. The number of aromatic carboxylic acids is 1. The zero-order valence-electron chi connectivity index (χ0n) is 8.25. The largest absolute Gasteiger partial charge is 1.00 e. The van der Waals surface area contributed by atoms with Gasteiger partial charge < -0.3 is 14.5 Å². The van der Waals surface area contributed by atoms with Gasteiger partial charge in [0.25, 0.3) is 0 Å². The van der Waals surface area contributed by atoms with Crippen LogP contribution in [0.2, 0.25) is 0 Å². The first kappa shape index (κ1) is 11.6. The summed E-state index contributed by atoms with van der Waals surface area (Å²) in [5.74, 6) is -1.26. The van der Waals surface area contributed by atoms with E-state index in [1.165, 1.54) is 12.5 Å². The van der Waals surface area contributed by atoms with Gasteiger partial charge in [-0.2, -0.15) is 0 Å². The van der Waals surface area contributed by atoms with Crippen LogP contribution in [-0.2, 0) is 0 Å². The molecular formula is C10H7LiN2O2. The molecule has 2 aromatic rings. The predicted molar refractivity (Wildman–Crippen MR) is 47.9 cm³/mol. The first-order valence-corrected chi connectivity index (χ1v) is 4.08. The van der Waals surface area contributed by atoms with E-state index in [-0.39, 0.29) is 24.6 Å². The van der Waals surface area contributed by atoms with Crippen molar-refractivity contribution in [2.24, 2.45) is 0 Å². The van der Waals surface area contributed by atoms with Crippen molar-refractivity contribution in [2.45, 2.75) is 0 Å². The molecule has 15 heavy (non-hydrogen) atoms. The van der Waals surface area contributed by atoms with E-state index < -0.39 is 5.97 Å². The maximum Gasteiger partial charge on any atom is 1.00 e. The second kappa shape index (κ2) is 4.83. The van der Waals surface area contributed by atoms with Gasteiger partial charge in [-0.05, 0) is 12.1 Å². The summed E-state index contributed by atoms with van der Waals surface area (Å²) in [5.41, 5.74) is 0.807. The number of carbonyl (C=O) groups excluding carboxylic acids is 1. The summed E-state index contributed by atoms with van der Waals surface area (Å²) in [6, 6.07) is 9.35.